The van der Waals surface area contributed by atoms with E-state index in [0.29, 0.717) is 17.4 Å². The minimum atomic E-state index is -1.80. The van der Waals surface area contributed by atoms with Crippen LogP contribution in [-0.4, -0.2) is 18.1 Å². The zero-order chi connectivity index (χ0) is 17.9. The molecule has 5 nitrogen and oxygen atoms in total. The van der Waals surface area contributed by atoms with E-state index in [1.54, 1.807) is 24.3 Å². The molecule has 0 aliphatic rings. The monoisotopic (exact) mass is 336 g/mol. The number of hydrogen-bond acceptors (Lipinski definition) is 4. The molecule has 2 aromatic rings. The van der Waals surface area contributed by atoms with E-state index in [-0.39, 0.29) is 0 Å². The lowest BCUT2D eigenvalue weighted by atomic mass is 10.1. The van der Waals surface area contributed by atoms with Gasteiger partial charge in [-0.1, -0.05) is 18.2 Å². The summed E-state index contributed by atoms with van der Waals surface area (Å²) in [4.78, 5) is 12.1. The number of phenolic OH excluding ortho intramolecular Hbond substituents is 1. The molecule has 0 fully saturated rings. The number of methoxy groups -OCH3 is 1. The highest BCUT2D eigenvalue weighted by Crippen LogP contribution is 2.28. The SMILES string of the molecule is COc1ccccc1[C@H](C#N)NC(=O)c1cc(F)c(F)c(O)c1F. The van der Waals surface area contributed by atoms with Gasteiger partial charge in [0.05, 0.1) is 18.7 Å². The molecular weight excluding hydrogens is 325 g/mol. The molecule has 1 atom stereocenters. The second-order valence-electron chi connectivity index (χ2n) is 4.66. The number of aromatic hydroxyl groups is 1. The first-order chi connectivity index (χ1) is 11.4. The Balaban J connectivity index is 2.37. The summed E-state index contributed by atoms with van der Waals surface area (Å²) in [5, 5.41) is 20.5. The van der Waals surface area contributed by atoms with Gasteiger partial charge in [0.15, 0.2) is 17.4 Å². The summed E-state index contributed by atoms with van der Waals surface area (Å²) < 4.78 is 45.2. The fraction of sp³-hybridized carbons (Fsp3) is 0.125. The van der Waals surface area contributed by atoms with E-state index in [1.165, 1.54) is 13.2 Å². The molecule has 0 aromatic heterocycles. The van der Waals surface area contributed by atoms with Gasteiger partial charge in [0.25, 0.3) is 5.91 Å². The number of hydrogen-bond donors (Lipinski definition) is 2. The largest absolute Gasteiger partial charge is 0.503 e. The summed E-state index contributed by atoms with van der Waals surface area (Å²) in [6.45, 7) is 0. The smallest absolute Gasteiger partial charge is 0.255 e. The highest BCUT2D eigenvalue weighted by Gasteiger charge is 2.25. The van der Waals surface area contributed by atoms with Crippen molar-refractivity contribution in [1.29, 1.82) is 5.26 Å². The van der Waals surface area contributed by atoms with Gasteiger partial charge >= 0.3 is 0 Å². The van der Waals surface area contributed by atoms with Crippen molar-refractivity contribution in [3.63, 3.8) is 0 Å². The van der Waals surface area contributed by atoms with Crippen molar-refractivity contribution in [2.75, 3.05) is 7.11 Å². The molecule has 0 aliphatic carbocycles. The molecule has 0 aliphatic heterocycles. The Morgan fingerprint density at radius 3 is 2.58 bits per heavy atom. The maximum Gasteiger partial charge on any atom is 0.255 e. The number of nitrogens with zero attached hydrogens (tertiary/aromatic N) is 1. The third-order valence-corrected chi connectivity index (χ3v) is 3.23. The lowest BCUT2D eigenvalue weighted by Crippen LogP contribution is -2.29. The van der Waals surface area contributed by atoms with Crippen LogP contribution in [0.2, 0.25) is 0 Å². The number of nitriles is 1. The summed E-state index contributed by atoms with van der Waals surface area (Å²) in [5.74, 6) is -7.51. The lowest BCUT2D eigenvalue weighted by molar-refractivity contribution is 0.0939. The summed E-state index contributed by atoms with van der Waals surface area (Å²) in [5.41, 5.74) is -0.635. The van der Waals surface area contributed by atoms with Gasteiger partial charge in [-0.05, 0) is 12.1 Å². The number of phenols is 1. The van der Waals surface area contributed by atoms with Gasteiger partial charge in [0, 0.05) is 5.56 Å². The molecule has 24 heavy (non-hydrogen) atoms. The van der Waals surface area contributed by atoms with Gasteiger partial charge in [-0.25, -0.2) is 8.78 Å². The molecule has 0 spiro atoms. The van der Waals surface area contributed by atoms with Crippen LogP contribution in [0.5, 0.6) is 11.5 Å². The van der Waals surface area contributed by atoms with Crippen LogP contribution in [0, 0.1) is 28.8 Å². The van der Waals surface area contributed by atoms with E-state index in [9.17, 15) is 23.2 Å². The van der Waals surface area contributed by atoms with Gasteiger partial charge in [-0.15, -0.1) is 0 Å². The topological polar surface area (TPSA) is 82.3 Å². The Kier molecular flexibility index (Phi) is 4.94. The number of carbonyl (C=O) groups excluding carboxylic acids is 1. The molecule has 0 radical (unpaired) electrons. The van der Waals surface area contributed by atoms with Crippen LogP contribution in [-0.2, 0) is 0 Å². The van der Waals surface area contributed by atoms with Crippen LogP contribution < -0.4 is 10.1 Å². The Morgan fingerprint density at radius 2 is 1.96 bits per heavy atom. The van der Waals surface area contributed by atoms with E-state index in [0.717, 1.165) is 0 Å². The van der Waals surface area contributed by atoms with Crippen LogP contribution in [0.3, 0.4) is 0 Å². The highest BCUT2D eigenvalue weighted by atomic mass is 19.2. The van der Waals surface area contributed by atoms with E-state index in [2.05, 4.69) is 5.32 Å². The summed E-state index contributed by atoms with van der Waals surface area (Å²) >= 11 is 0. The quantitative estimate of drug-likeness (QED) is 0.841. The lowest BCUT2D eigenvalue weighted by Gasteiger charge is -2.15. The Bertz CT molecular complexity index is 834. The molecule has 1 amide bonds. The second kappa shape index (κ2) is 6.91. The van der Waals surface area contributed by atoms with E-state index < -0.39 is 40.7 Å². The Labute approximate surface area is 134 Å². The van der Waals surface area contributed by atoms with Crippen LogP contribution >= 0.6 is 0 Å². The number of para-hydroxylation sites is 1. The summed E-state index contributed by atoms with van der Waals surface area (Å²) in [6, 6.07) is 7.16. The van der Waals surface area contributed by atoms with Crippen molar-refractivity contribution in [1.82, 2.24) is 5.32 Å². The molecule has 0 saturated carbocycles. The maximum absolute atomic E-state index is 13.8. The van der Waals surface area contributed by atoms with Gasteiger partial charge in [0.1, 0.15) is 11.8 Å². The number of amides is 1. The molecule has 0 saturated heterocycles. The zero-order valence-electron chi connectivity index (χ0n) is 12.3. The number of benzene rings is 2. The third-order valence-electron chi connectivity index (χ3n) is 3.23. The first-order valence-corrected chi connectivity index (χ1v) is 6.60. The van der Waals surface area contributed by atoms with Crippen molar-refractivity contribution in [2.45, 2.75) is 6.04 Å². The molecule has 0 unspecified atom stereocenters. The van der Waals surface area contributed by atoms with Gasteiger partial charge in [-0.3, -0.25) is 4.79 Å². The molecule has 0 heterocycles. The predicted octanol–water partition coefficient (Wildman–Crippen LogP) is 2.81. The van der Waals surface area contributed by atoms with Gasteiger partial charge in [0.2, 0.25) is 5.82 Å². The van der Waals surface area contributed by atoms with Crippen molar-refractivity contribution in [3.8, 4) is 17.6 Å². The molecule has 0 bridgehead atoms. The maximum atomic E-state index is 13.8. The fourth-order valence-electron chi connectivity index (χ4n) is 2.05. The van der Waals surface area contributed by atoms with Crippen LogP contribution in [0.1, 0.15) is 22.0 Å². The zero-order valence-corrected chi connectivity index (χ0v) is 12.3. The summed E-state index contributed by atoms with van der Waals surface area (Å²) in [6.07, 6.45) is 0. The van der Waals surface area contributed by atoms with Gasteiger partial charge < -0.3 is 15.2 Å². The number of carbonyl (C=O) groups is 1. The highest BCUT2D eigenvalue weighted by molar-refractivity contribution is 5.95. The third kappa shape index (κ3) is 3.10. The molecule has 124 valence electrons. The van der Waals surface area contributed by atoms with Crippen LogP contribution in [0.4, 0.5) is 13.2 Å². The van der Waals surface area contributed by atoms with E-state index in [1.807, 2.05) is 0 Å². The van der Waals surface area contributed by atoms with E-state index in [4.69, 9.17) is 9.84 Å². The summed E-state index contributed by atoms with van der Waals surface area (Å²) in [7, 11) is 1.36. The molecule has 2 rings (SSSR count). The number of rotatable bonds is 4. The van der Waals surface area contributed by atoms with Crippen LogP contribution in [0.15, 0.2) is 30.3 Å². The normalized spacial score (nSPS) is 11.5. The molecule has 2 aromatic carbocycles. The first-order valence-electron chi connectivity index (χ1n) is 6.60. The van der Waals surface area contributed by atoms with Crippen molar-refractivity contribution >= 4 is 5.91 Å². The Morgan fingerprint density at radius 1 is 1.29 bits per heavy atom. The van der Waals surface area contributed by atoms with Crippen molar-refractivity contribution in [2.24, 2.45) is 0 Å². The standard InChI is InChI=1S/C16H11F3N2O3/c1-24-12-5-3-2-4-8(12)11(7-20)21-16(23)9-6-10(17)14(19)15(22)13(9)18/h2-6,11,22H,1H3,(H,21,23)/t11-/m0/s1. The molecule has 2 N–H and O–H groups in total. The number of ether oxygens (including phenoxy) is 1. The average molecular weight is 336 g/mol. The van der Waals surface area contributed by atoms with E-state index >= 15 is 0 Å². The minimum Gasteiger partial charge on any atom is -0.503 e. The van der Waals surface area contributed by atoms with Crippen molar-refractivity contribution in [3.05, 3.63) is 58.9 Å². The second-order valence-corrected chi connectivity index (χ2v) is 4.66. The average Bonchev–Trinajstić information content (AvgIpc) is 2.60. The molecule has 8 heteroatoms. The van der Waals surface area contributed by atoms with Crippen LogP contribution in [0.25, 0.3) is 0 Å². The Hall–Kier alpha value is -3.21. The van der Waals surface area contributed by atoms with Crippen molar-refractivity contribution < 1.29 is 27.8 Å². The van der Waals surface area contributed by atoms with Gasteiger partial charge in [-0.2, -0.15) is 9.65 Å². The number of halogens is 3. The number of nitrogens with one attached hydrogen (secondary N) is 1. The minimum absolute atomic E-state index is 0.295. The molecular formula is C16H11F3N2O3. The first kappa shape index (κ1) is 17.1. The predicted molar refractivity (Wildman–Crippen MR) is 76.8 cm³/mol. The fourth-order valence-corrected chi connectivity index (χ4v) is 2.05.